The number of rotatable bonds is 1. The van der Waals surface area contributed by atoms with E-state index < -0.39 is 0 Å². The van der Waals surface area contributed by atoms with Gasteiger partial charge >= 0.3 is 0 Å². The predicted octanol–water partition coefficient (Wildman–Crippen LogP) is 6.48. The molecular formula is C18H25Cl. The van der Waals surface area contributed by atoms with E-state index in [2.05, 4.69) is 39.0 Å². The van der Waals surface area contributed by atoms with Crippen molar-refractivity contribution in [3.8, 4) is 0 Å². The molecule has 0 nitrogen and oxygen atoms in total. The van der Waals surface area contributed by atoms with Gasteiger partial charge in [-0.3, -0.25) is 0 Å². The van der Waals surface area contributed by atoms with E-state index in [1.165, 1.54) is 11.1 Å². The van der Waals surface area contributed by atoms with E-state index in [-0.39, 0.29) is 0 Å². The first-order chi connectivity index (χ1) is 9.11. The van der Waals surface area contributed by atoms with Crippen molar-refractivity contribution in [2.45, 2.75) is 40.5 Å². The van der Waals surface area contributed by atoms with Gasteiger partial charge < -0.3 is 0 Å². The minimum Gasteiger partial charge on any atom is -0.0840 e. The number of hydrogen-bond donors (Lipinski definition) is 0. The molecule has 19 heavy (non-hydrogen) atoms. The molecule has 0 aliphatic heterocycles. The summed E-state index contributed by atoms with van der Waals surface area (Å²) >= 11 is 5.92. The van der Waals surface area contributed by atoms with Crippen molar-refractivity contribution in [2.24, 2.45) is 0 Å². The number of halogens is 1. The van der Waals surface area contributed by atoms with Gasteiger partial charge in [-0.05, 0) is 24.5 Å². The molecule has 0 amide bonds. The van der Waals surface area contributed by atoms with E-state index in [4.69, 9.17) is 11.6 Å². The smallest absolute Gasteiger partial charge is 0.0440 e. The Balaban J connectivity index is 0.000000316. The van der Waals surface area contributed by atoms with Gasteiger partial charge in [-0.2, -0.15) is 0 Å². The Labute approximate surface area is 123 Å². The van der Waals surface area contributed by atoms with Crippen LogP contribution in [0.5, 0.6) is 0 Å². The summed E-state index contributed by atoms with van der Waals surface area (Å²) in [4.78, 5) is 0. The molecule has 0 bridgehead atoms. The van der Waals surface area contributed by atoms with Crippen LogP contribution < -0.4 is 0 Å². The second kappa shape index (κ2) is 10.6. The normalized spacial score (nSPS) is 9.00. The lowest BCUT2D eigenvalue weighted by atomic mass is 10.0. The molecule has 0 saturated carbocycles. The molecule has 0 atom stereocenters. The zero-order valence-electron chi connectivity index (χ0n) is 12.7. The topological polar surface area (TPSA) is 0 Å². The van der Waals surface area contributed by atoms with Gasteiger partial charge in [0, 0.05) is 5.02 Å². The molecule has 104 valence electrons. The average molecular weight is 277 g/mol. The lowest BCUT2D eigenvalue weighted by Gasteiger charge is -2.05. The van der Waals surface area contributed by atoms with Crippen LogP contribution in [0, 0.1) is 6.92 Å². The second-order valence-corrected chi connectivity index (χ2v) is 4.74. The summed E-state index contributed by atoms with van der Waals surface area (Å²) in [6.45, 7) is 10.4. The van der Waals surface area contributed by atoms with Crippen molar-refractivity contribution in [3.05, 3.63) is 70.7 Å². The molecule has 0 saturated heterocycles. The van der Waals surface area contributed by atoms with Crippen LogP contribution in [0.25, 0.3) is 0 Å². The van der Waals surface area contributed by atoms with Crippen LogP contribution in [-0.4, -0.2) is 0 Å². The highest BCUT2D eigenvalue weighted by Crippen LogP contribution is 2.22. The molecule has 0 fully saturated rings. The third kappa shape index (κ3) is 7.69. The van der Waals surface area contributed by atoms with Gasteiger partial charge in [-0.25, -0.2) is 0 Å². The van der Waals surface area contributed by atoms with E-state index in [0.717, 1.165) is 5.02 Å². The number of aryl methyl sites for hydroxylation is 1. The standard InChI is InChI=1S/C9H11Cl.C7H8.C2H6/c1-7(2)8-5-3-4-6-9(8)10;1-7-5-3-2-4-6-7;1-2/h3-7H,1-2H3;2-6H,1H3;1-2H3. The molecular weight excluding hydrogens is 252 g/mol. The van der Waals surface area contributed by atoms with E-state index in [9.17, 15) is 0 Å². The van der Waals surface area contributed by atoms with Gasteiger partial charge in [0.1, 0.15) is 0 Å². The maximum atomic E-state index is 5.92. The monoisotopic (exact) mass is 276 g/mol. The van der Waals surface area contributed by atoms with Gasteiger partial charge in [0.2, 0.25) is 0 Å². The molecule has 0 aromatic heterocycles. The Morgan fingerprint density at radius 2 is 1.26 bits per heavy atom. The SMILES string of the molecule is CC.CC(C)c1ccccc1Cl.Cc1ccccc1. The third-order valence-electron chi connectivity index (χ3n) is 2.47. The highest BCUT2D eigenvalue weighted by atomic mass is 35.5. The molecule has 0 aliphatic carbocycles. The van der Waals surface area contributed by atoms with Crippen molar-refractivity contribution in [2.75, 3.05) is 0 Å². The van der Waals surface area contributed by atoms with Crippen LogP contribution in [-0.2, 0) is 0 Å². The molecule has 2 rings (SSSR count). The third-order valence-corrected chi connectivity index (χ3v) is 2.81. The Bertz CT molecular complexity index is 432. The number of hydrogen-bond acceptors (Lipinski definition) is 0. The predicted molar refractivity (Wildman–Crippen MR) is 88.1 cm³/mol. The molecule has 0 spiro atoms. The van der Waals surface area contributed by atoms with Gasteiger partial charge in [-0.1, -0.05) is 93.4 Å². The fourth-order valence-electron chi connectivity index (χ4n) is 1.48. The zero-order chi connectivity index (χ0) is 14.7. The molecule has 0 heterocycles. The first-order valence-corrected chi connectivity index (χ1v) is 7.25. The molecule has 0 N–H and O–H groups in total. The van der Waals surface area contributed by atoms with Gasteiger partial charge in [0.15, 0.2) is 0 Å². The van der Waals surface area contributed by atoms with Crippen molar-refractivity contribution in [1.29, 1.82) is 0 Å². The summed E-state index contributed by atoms with van der Waals surface area (Å²) in [5, 5.41) is 0.873. The van der Waals surface area contributed by atoms with Crippen molar-refractivity contribution in [3.63, 3.8) is 0 Å². The first-order valence-electron chi connectivity index (χ1n) is 6.87. The minimum atomic E-state index is 0.522. The summed E-state index contributed by atoms with van der Waals surface area (Å²) < 4.78 is 0. The van der Waals surface area contributed by atoms with Gasteiger partial charge in [-0.15, -0.1) is 0 Å². The average Bonchev–Trinajstić information content (AvgIpc) is 2.43. The molecule has 0 radical (unpaired) electrons. The Hall–Kier alpha value is -1.27. The van der Waals surface area contributed by atoms with E-state index in [1.807, 2.05) is 50.2 Å². The molecule has 2 aromatic carbocycles. The largest absolute Gasteiger partial charge is 0.0840 e. The van der Waals surface area contributed by atoms with Crippen molar-refractivity contribution < 1.29 is 0 Å². The van der Waals surface area contributed by atoms with Crippen LogP contribution >= 0.6 is 11.6 Å². The van der Waals surface area contributed by atoms with E-state index >= 15 is 0 Å². The van der Waals surface area contributed by atoms with Crippen LogP contribution in [0.4, 0.5) is 0 Å². The maximum Gasteiger partial charge on any atom is 0.0440 e. The van der Waals surface area contributed by atoms with Crippen molar-refractivity contribution >= 4 is 11.6 Å². The van der Waals surface area contributed by atoms with E-state index in [1.54, 1.807) is 0 Å². The number of benzene rings is 2. The quantitative estimate of drug-likeness (QED) is 0.559. The fourth-order valence-corrected chi connectivity index (χ4v) is 1.83. The lowest BCUT2D eigenvalue weighted by molar-refractivity contribution is 0.867. The Morgan fingerprint density at radius 1 is 0.789 bits per heavy atom. The highest BCUT2D eigenvalue weighted by molar-refractivity contribution is 6.31. The van der Waals surface area contributed by atoms with Crippen LogP contribution in [0.3, 0.4) is 0 Å². The highest BCUT2D eigenvalue weighted by Gasteiger charge is 2.01. The molecule has 1 heteroatoms. The summed E-state index contributed by atoms with van der Waals surface area (Å²) in [6, 6.07) is 18.2. The van der Waals surface area contributed by atoms with Crippen LogP contribution in [0.15, 0.2) is 54.6 Å². The first kappa shape index (κ1) is 17.7. The minimum absolute atomic E-state index is 0.522. The zero-order valence-corrected chi connectivity index (χ0v) is 13.4. The summed E-state index contributed by atoms with van der Waals surface area (Å²) in [6.07, 6.45) is 0. The van der Waals surface area contributed by atoms with Gasteiger partial charge in [0.05, 0.1) is 0 Å². The van der Waals surface area contributed by atoms with Crippen LogP contribution in [0.2, 0.25) is 5.02 Å². The van der Waals surface area contributed by atoms with Crippen LogP contribution in [0.1, 0.15) is 44.7 Å². The maximum absolute atomic E-state index is 5.92. The Kier molecular flexibility index (Phi) is 9.92. The molecule has 0 aliphatic rings. The summed E-state index contributed by atoms with van der Waals surface area (Å²) in [7, 11) is 0. The fraction of sp³-hybridized carbons (Fsp3) is 0.333. The summed E-state index contributed by atoms with van der Waals surface area (Å²) in [5.74, 6) is 0.522. The molecule has 2 aromatic rings. The van der Waals surface area contributed by atoms with Crippen molar-refractivity contribution in [1.82, 2.24) is 0 Å². The Morgan fingerprint density at radius 3 is 1.58 bits per heavy atom. The van der Waals surface area contributed by atoms with E-state index in [0.29, 0.717) is 5.92 Å². The summed E-state index contributed by atoms with van der Waals surface area (Å²) in [5.41, 5.74) is 2.55. The van der Waals surface area contributed by atoms with Gasteiger partial charge in [0.25, 0.3) is 0 Å². The molecule has 0 unspecified atom stereocenters. The second-order valence-electron chi connectivity index (χ2n) is 4.33. The lowest BCUT2D eigenvalue weighted by Crippen LogP contribution is -1.86.